The van der Waals surface area contributed by atoms with E-state index in [1.54, 1.807) is 7.11 Å². The van der Waals surface area contributed by atoms with Crippen LogP contribution in [0.5, 0.6) is 5.75 Å². The minimum Gasteiger partial charge on any atom is -0.496 e. The lowest BCUT2D eigenvalue weighted by molar-refractivity contribution is -0.121. The zero-order valence-electron chi connectivity index (χ0n) is 13.4. The van der Waals surface area contributed by atoms with Gasteiger partial charge in [-0.2, -0.15) is 0 Å². The monoisotopic (exact) mass is 293 g/mol. The van der Waals surface area contributed by atoms with Crippen LogP contribution < -0.4 is 10.1 Å². The van der Waals surface area contributed by atoms with Gasteiger partial charge < -0.3 is 15.2 Å². The van der Waals surface area contributed by atoms with Crippen LogP contribution >= 0.6 is 0 Å². The van der Waals surface area contributed by atoms with E-state index in [0.717, 1.165) is 11.3 Å². The van der Waals surface area contributed by atoms with Crippen molar-refractivity contribution in [3.63, 3.8) is 0 Å². The van der Waals surface area contributed by atoms with E-state index in [-0.39, 0.29) is 23.8 Å². The molecule has 4 heteroatoms. The van der Waals surface area contributed by atoms with Crippen molar-refractivity contribution in [1.82, 2.24) is 5.32 Å². The van der Waals surface area contributed by atoms with Crippen LogP contribution in [-0.4, -0.2) is 30.8 Å². The van der Waals surface area contributed by atoms with Crippen molar-refractivity contribution < 1.29 is 14.6 Å². The highest BCUT2D eigenvalue weighted by molar-refractivity contribution is 5.76. The Hall–Kier alpha value is -1.55. The summed E-state index contributed by atoms with van der Waals surface area (Å²) in [6.45, 7) is 6.46. The molecule has 2 atom stereocenters. The number of nitrogens with one attached hydrogen (secondary N) is 1. The second kappa shape index (κ2) is 8.67. The number of methoxy groups -OCH3 is 1. The van der Waals surface area contributed by atoms with Crippen molar-refractivity contribution in [2.24, 2.45) is 5.92 Å². The third-order valence-electron chi connectivity index (χ3n) is 3.69. The zero-order chi connectivity index (χ0) is 15.8. The number of carbonyl (C=O) groups excluding carboxylic acids is 1. The van der Waals surface area contributed by atoms with Gasteiger partial charge in [0.15, 0.2) is 0 Å². The number of rotatable bonds is 8. The molecule has 1 aromatic carbocycles. The van der Waals surface area contributed by atoms with E-state index in [2.05, 4.69) is 5.32 Å². The average Bonchev–Trinajstić information content (AvgIpc) is 2.46. The maximum atomic E-state index is 11.9. The summed E-state index contributed by atoms with van der Waals surface area (Å²) in [6, 6.07) is 7.76. The molecule has 0 aromatic heterocycles. The third-order valence-corrected chi connectivity index (χ3v) is 3.69. The van der Waals surface area contributed by atoms with E-state index in [9.17, 15) is 9.90 Å². The molecule has 0 aliphatic heterocycles. The number of aliphatic hydroxyl groups excluding tert-OH is 1. The SMILES string of the molecule is COc1ccccc1C(C)CC(=O)NCCC(O)C(C)C. The van der Waals surface area contributed by atoms with Crippen LogP contribution in [0.15, 0.2) is 24.3 Å². The van der Waals surface area contributed by atoms with E-state index >= 15 is 0 Å². The summed E-state index contributed by atoms with van der Waals surface area (Å²) in [6.07, 6.45) is 0.641. The molecule has 0 aliphatic carbocycles. The summed E-state index contributed by atoms with van der Waals surface area (Å²) >= 11 is 0. The minimum atomic E-state index is -0.364. The Bertz CT molecular complexity index is 445. The van der Waals surface area contributed by atoms with Gasteiger partial charge in [-0.15, -0.1) is 0 Å². The molecule has 1 rings (SSSR count). The van der Waals surface area contributed by atoms with E-state index in [0.29, 0.717) is 19.4 Å². The first kappa shape index (κ1) is 17.5. The molecule has 0 heterocycles. The quantitative estimate of drug-likeness (QED) is 0.775. The van der Waals surface area contributed by atoms with E-state index in [1.807, 2.05) is 45.0 Å². The number of ether oxygens (including phenoxy) is 1. The minimum absolute atomic E-state index is 0.00404. The van der Waals surface area contributed by atoms with Gasteiger partial charge in [-0.1, -0.05) is 39.0 Å². The van der Waals surface area contributed by atoms with Gasteiger partial charge in [0.2, 0.25) is 5.91 Å². The highest BCUT2D eigenvalue weighted by Gasteiger charge is 2.15. The standard InChI is InChI=1S/C17H27NO3/c1-12(2)15(19)9-10-18-17(20)11-13(3)14-7-5-6-8-16(14)21-4/h5-8,12-13,15,19H,9-11H2,1-4H3,(H,18,20). The number of carbonyl (C=O) groups is 1. The van der Waals surface area contributed by atoms with E-state index in [1.165, 1.54) is 0 Å². The predicted molar refractivity (Wildman–Crippen MR) is 84.5 cm³/mol. The molecule has 2 N–H and O–H groups in total. The van der Waals surface area contributed by atoms with Crippen molar-refractivity contribution in [2.45, 2.75) is 45.6 Å². The fraction of sp³-hybridized carbons (Fsp3) is 0.588. The fourth-order valence-corrected chi connectivity index (χ4v) is 2.23. The van der Waals surface area contributed by atoms with Gasteiger partial charge in [0.25, 0.3) is 0 Å². The molecule has 4 nitrogen and oxygen atoms in total. The van der Waals surface area contributed by atoms with Crippen molar-refractivity contribution in [3.05, 3.63) is 29.8 Å². The van der Waals surface area contributed by atoms with Crippen LogP contribution in [-0.2, 0) is 4.79 Å². The second-order valence-electron chi connectivity index (χ2n) is 5.80. The lowest BCUT2D eigenvalue weighted by atomic mass is 9.96. The van der Waals surface area contributed by atoms with Crippen LogP contribution in [0, 0.1) is 5.92 Å². The number of hydrogen-bond donors (Lipinski definition) is 2. The van der Waals surface area contributed by atoms with Gasteiger partial charge in [-0.3, -0.25) is 4.79 Å². The molecule has 0 radical (unpaired) electrons. The highest BCUT2D eigenvalue weighted by atomic mass is 16.5. The Morgan fingerprint density at radius 1 is 1.29 bits per heavy atom. The normalized spacial score (nSPS) is 13.8. The van der Waals surface area contributed by atoms with Gasteiger partial charge in [0.05, 0.1) is 13.2 Å². The number of aliphatic hydroxyl groups is 1. The summed E-state index contributed by atoms with van der Waals surface area (Å²) in [5, 5.41) is 12.6. The van der Waals surface area contributed by atoms with Gasteiger partial charge in [-0.25, -0.2) is 0 Å². The van der Waals surface area contributed by atoms with E-state index in [4.69, 9.17) is 4.74 Å². The number of hydrogen-bond acceptors (Lipinski definition) is 3. The van der Waals surface area contributed by atoms with Crippen LogP contribution in [0.2, 0.25) is 0 Å². The van der Waals surface area contributed by atoms with Crippen molar-refractivity contribution >= 4 is 5.91 Å². The number of para-hydroxylation sites is 1. The van der Waals surface area contributed by atoms with Crippen molar-refractivity contribution in [3.8, 4) is 5.75 Å². The van der Waals surface area contributed by atoms with Gasteiger partial charge in [0.1, 0.15) is 5.75 Å². The fourth-order valence-electron chi connectivity index (χ4n) is 2.23. The molecular formula is C17H27NO3. The molecule has 0 fully saturated rings. The molecule has 1 aromatic rings. The molecule has 0 saturated heterocycles. The topological polar surface area (TPSA) is 58.6 Å². The molecule has 21 heavy (non-hydrogen) atoms. The molecule has 0 spiro atoms. The smallest absolute Gasteiger partial charge is 0.220 e. The van der Waals surface area contributed by atoms with Crippen molar-refractivity contribution in [2.75, 3.05) is 13.7 Å². The lowest BCUT2D eigenvalue weighted by Gasteiger charge is -2.17. The Morgan fingerprint density at radius 2 is 1.95 bits per heavy atom. The first-order chi connectivity index (χ1) is 9.95. The predicted octanol–water partition coefficient (Wildman–Crippen LogP) is 2.71. The summed E-state index contributed by atoms with van der Waals surface area (Å²) in [5.74, 6) is 1.13. The van der Waals surface area contributed by atoms with Crippen LogP contribution in [0.3, 0.4) is 0 Å². The third kappa shape index (κ3) is 5.76. The molecule has 2 unspecified atom stereocenters. The zero-order valence-corrected chi connectivity index (χ0v) is 13.4. The van der Waals surface area contributed by atoms with Crippen molar-refractivity contribution in [1.29, 1.82) is 0 Å². The largest absolute Gasteiger partial charge is 0.496 e. The first-order valence-corrected chi connectivity index (χ1v) is 7.53. The number of amides is 1. The molecule has 0 saturated carbocycles. The molecule has 0 bridgehead atoms. The summed E-state index contributed by atoms with van der Waals surface area (Å²) in [4.78, 5) is 11.9. The second-order valence-corrected chi connectivity index (χ2v) is 5.80. The summed E-state index contributed by atoms with van der Waals surface area (Å²) in [5.41, 5.74) is 1.04. The first-order valence-electron chi connectivity index (χ1n) is 7.53. The molecular weight excluding hydrogens is 266 g/mol. The average molecular weight is 293 g/mol. The lowest BCUT2D eigenvalue weighted by Crippen LogP contribution is -2.29. The Labute approximate surface area is 127 Å². The number of benzene rings is 1. The van der Waals surface area contributed by atoms with Gasteiger partial charge in [0, 0.05) is 13.0 Å². The van der Waals surface area contributed by atoms with Crippen LogP contribution in [0.4, 0.5) is 0 Å². The van der Waals surface area contributed by atoms with E-state index < -0.39 is 0 Å². The molecule has 0 aliphatic rings. The summed E-state index contributed by atoms with van der Waals surface area (Å²) in [7, 11) is 1.64. The maximum Gasteiger partial charge on any atom is 0.220 e. The van der Waals surface area contributed by atoms with Crippen LogP contribution in [0.1, 0.15) is 45.1 Å². The Balaban J connectivity index is 2.44. The van der Waals surface area contributed by atoms with Gasteiger partial charge >= 0.3 is 0 Å². The maximum absolute atomic E-state index is 11.9. The van der Waals surface area contributed by atoms with Gasteiger partial charge in [-0.05, 0) is 29.9 Å². The summed E-state index contributed by atoms with van der Waals surface area (Å²) < 4.78 is 5.32. The van der Waals surface area contributed by atoms with Crippen LogP contribution in [0.25, 0.3) is 0 Å². The Morgan fingerprint density at radius 3 is 2.57 bits per heavy atom. The molecule has 118 valence electrons. The Kier molecular flexibility index (Phi) is 7.23. The highest BCUT2D eigenvalue weighted by Crippen LogP contribution is 2.28. The molecule has 1 amide bonds.